The standard InChI is InChI=1S/C44H26Cl4N4.Co/c45-29-9-1-25(2-10-29)41-33-17-19-35(49-33)42(26-3-11-30(46)12-4-26)37-21-23-39(51-37)44(28-7-15-32(48)16-8-28)40-24-22-38(52-40)43(36-20-18-34(41)50-36)27-5-13-31(47)14-6-27;/h1-24,49,52H;. The molecular weight excluding hydrogens is 785 g/mol. The minimum absolute atomic E-state index is 0. The Bertz CT molecular complexity index is 2370. The van der Waals surface area contributed by atoms with E-state index in [2.05, 4.69) is 58.5 Å². The molecule has 1 radical (unpaired) electrons. The maximum Gasteiger partial charge on any atom is 0.0737 e. The van der Waals surface area contributed by atoms with Crippen LogP contribution in [0.3, 0.4) is 0 Å². The molecule has 0 spiro atoms. The van der Waals surface area contributed by atoms with Gasteiger partial charge in [0.25, 0.3) is 0 Å². The summed E-state index contributed by atoms with van der Waals surface area (Å²) in [5.41, 5.74) is 14.5. The molecule has 4 nitrogen and oxygen atoms in total. The number of rotatable bonds is 4. The van der Waals surface area contributed by atoms with Gasteiger partial charge in [0.2, 0.25) is 0 Å². The van der Waals surface area contributed by atoms with E-state index in [0.717, 1.165) is 89.4 Å². The van der Waals surface area contributed by atoms with Gasteiger partial charge < -0.3 is 9.97 Å². The number of nitrogens with zero attached hydrogens (tertiary/aromatic N) is 2. The zero-order chi connectivity index (χ0) is 35.3. The van der Waals surface area contributed by atoms with Gasteiger partial charge in [-0.25, -0.2) is 9.97 Å². The second-order valence-corrected chi connectivity index (χ2v) is 14.3. The monoisotopic (exact) mass is 809 g/mol. The molecule has 0 saturated carbocycles. The zero-order valence-electron chi connectivity index (χ0n) is 27.6. The van der Waals surface area contributed by atoms with Gasteiger partial charge in [-0.3, -0.25) is 0 Å². The van der Waals surface area contributed by atoms with Gasteiger partial charge in [0.05, 0.1) is 22.8 Å². The van der Waals surface area contributed by atoms with E-state index < -0.39 is 0 Å². The van der Waals surface area contributed by atoms with E-state index in [-0.39, 0.29) is 16.8 Å². The van der Waals surface area contributed by atoms with Gasteiger partial charge in [-0.1, -0.05) is 94.9 Å². The van der Waals surface area contributed by atoms with E-state index in [4.69, 9.17) is 56.4 Å². The van der Waals surface area contributed by atoms with Crippen molar-refractivity contribution in [2.75, 3.05) is 0 Å². The van der Waals surface area contributed by atoms with Crippen molar-refractivity contribution in [3.63, 3.8) is 0 Å². The second kappa shape index (κ2) is 14.5. The van der Waals surface area contributed by atoms with E-state index in [1.165, 1.54) is 0 Å². The van der Waals surface area contributed by atoms with Crippen LogP contribution >= 0.6 is 46.4 Å². The number of nitrogens with one attached hydrogen (secondary N) is 2. The number of aromatic nitrogens is 4. The van der Waals surface area contributed by atoms with Crippen molar-refractivity contribution in [2.24, 2.45) is 0 Å². The van der Waals surface area contributed by atoms with Crippen molar-refractivity contribution in [2.45, 2.75) is 0 Å². The van der Waals surface area contributed by atoms with Gasteiger partial charge in [0.15, 0.2) is 0 Å². The normalized spacial score (nSPS) is 11.8. The molecule has 0 atom stereocenters. The van der Waals surface area contributed by atoms with Crippen molar-refractivity contribution in [3.05, 3.63) is 164 Å². The topological polar surface area (TPSA) is 57.4 Å². The third-order valence-electron chi connectivity index (χ3n) is 9.29. The smallest absolute Gasteiger partial charge is 0.0737 e. The fraction of sp³-hybridized carbons (Fsp3) is 0. The zero-order valence-corrected chi connectivity index (χ0v) is 31.7. The largest absolute Gasteiger partial charge is 0.354 e. The number of aromatic amines is 2. The first-order valence-electron chi connectivity index (χ1n) is 16.6. The van der Waals surface area contributed by atoms with Crippen molar-refractivity contribution >= 4 is 92.8 Å². The van der Waals surface area contributed by atoms with Crippen molar-refractivity contribution < 1.29 is 16.8 Å². The third kappa shape index (κ3) is 6.77. The molecule has 259 valence electrons. The molecular formula is C44H26Cl4CoN4. The van der Waals surface area contributed by atoms with Crippen LogP contribution in [0, 0.1) is 0 Å². The molecule has 9 rings (SSSR count). The van der Waals surface area contributed by atoms with E-state index in [1.807, 2.05) is 97.1 Å². The van der Waals surface area contributed by atoms with Crippen molar-refractivity contribution in [1.82, 2.24) is 19.9 Å². The molecule has 53 heavy (non-hydrogen) atoms. The SMILES string of the molecule is Clc1ccc(-c2c3nc(c(-c4ccc(Cl)cc4)c4ccc([nH]4)c(-c4ccc(Cl)cc4)c4nc(c(-c5ccc(Cl)cc5)c5ccc2[nH]5)C=C4)C=C3)cc1.[Co]. The van der Waals surface area contributed by atoms with Crippen LogP contribution < -0.4 is 0 Å². The fourth-order valence-electron chi connectivity index (χ4n) is 6.89. The molecule has 7 aromatic rings. The molecule has 0 fully saturated rings. The molecule has 9 heteroatoms. The van der Waals surface area contributed by atoms with Crippen molar-refractivity contribution in [1.29, 1.82) is 0 Å². The van der Waals surface area contributed by atoms with Gasteiger partial charge >= 0.3 is 0 Å². The van der Waals surface area contributed by atoms with E-state index in [9.17, 15) is 0 Å². The van der Waals surface area contributed by atoms with Crippen LogP contribution in [0.1, 0.15) is 22.8 Å². The maximum atomic E-state index is 6.37. The molecule has 0 unspecified atom stereocenters. The first kappa shape index (κ1) is 35.2. The summed E-state index contributed by atoms with van der Waals surface area (Å²) in [5, 5.41) is 2.64. The summed E-state index contributed by atoms with van der Waals surface area (Å²) in [6.07, 6.45) is 8.27. The quantitative estimate of drug-likeness (QED) is 0.186. The first-order valence-corrected chi connectivity index (χ1v) is 18.1. The Morgan fingerprint density at radius 2 is 0.509 bits per heavy atom. The van der Waals surface area contributed by atoms with Crippen LogP contribution in [0.15, 0.2) is 121 Å². The van der Waals surface area contributed by atoms with Gasteiger partial charge in [-0.05, 0) is 119 Å². The average molecular weight is 811 g/mol. The Morgan fingerprint density at radius 3 is 0.717 bits per heavy atom. The third-order valence-corrected chi connectivity index (χ3v) is 10.3. The van der Waals surface area contributed by atoms with E-state index in [0.29, 0.717) is 20.1 Å². The Kier molecular flexibility index (Phi) is 9.64. The number of fused-ring (bicyclic) bond motifs is 8. The van der Waals surface area contributed by atoms with Crippen LogP contribution in [0.5, 0.6) is 0 Å². The van der Waals surface area contributed by atoms with Crippen LogP contribution in [0.4, 0.5) is 0 Å². The molecule has 2 N–H and O–H groups in total. The molecule has 0 aliphatic carbocycles. The second-order valence-electron chi connectivity index (χ2n) is 12.5. The summed E-state index contributed by atoms with van der Waals surface area (Å²) < 4.78 is 0. The van der Waals surface area contributed by atoms with Gasteiger partial charge in [-0.15, -0.1) is 0 Å². The molecule has 0 amide bonds. The predicted molar refractivity (Wildman–Crippen MR) is 221 cm³/mol. The molecule has 8 bridgehead atoms. The average Bonchev–Trinajstić information content (AvgIpc) is 3.99. The Labute approximate surface area is 336 Å². The first-order chi connectivity index (χ1) is 25.4. The van der Waals surface area contributed by atoms with Crippen LogP contribution in [0.25, 0.3) is 90.9 Å². The summed E-state index contributed by atoms with van der Waals surface area (Å²) >= 11 is 25.5. The molecule has 4 aromatic carbocycles. The maximum absolute atomic E-state index is 6.37. The molecule has 2 aliphatic rings. The minimum atomic E-state index is 0. The summed E-state index contributed by atoms with van der Waals surface area (Å²) in [5.74, 6) is 0. The molecule has 0 saturated heterocycles. The fourth-order valence-corrected chi connectivity index (χ4v) is 7.39. The Morgan fingerprint density at radius 1 is 0.302 bits per heavy atom. The number of hydrogen-bond donors (Lipinski definition) is 2. The van der Waals surface area contributed by atoms with Crippen LogP contribution in [-0.4, -0.2) is 19.9 Å². The minimum Gasteiger partial charge on any atom is -0.354 e. The van der Waals surface area contributed by atoms with E-state index >= 15 is 0 Å². The van der Waals surface area contributed by atoms with Gasteiger partial charge in [0.1, 0.15) is 0 Å². The summed E-state index contributed by atoms with van der Waals surface area (Å²) in [4.78, 5) is 18.1. The summed E-state index contributed by atoms with van der Waals surface area (Å²) in [6, 6.07) is 39.8. The van der Waals surface area contributed by atoms with Crippen LogP contribution in [-0.2, 0) is 16.8 Å². The Hall–Kier alpha value is -4.85. The number of H-pyrrole nitrogens is 2. The molecule has 2 aliphatic heterocycles. The van der Waals surface area contributed by atoms with Gasteiger partial charge in [-0.2, -0.15) is 0 Å². The van der Waals surface area contributed by atoms with Crippen molar-refractivity contribution in [3.8, 4) is 44.5 Å². The van der Waals surface area contributed by atoms with Gasteiger partial charge in [0, 0.05) is 81.2 Å². The number of hydrogen-bond acceptors (Lipinski definition) is 2. The Balaban J connectivity index is 0.00000400. The number of halogens is 4. The molecule has 5 heterocycles. The summed E-state index contributed by atoms with van der Waals surface area (Å²) in [7, 11) is 0. The van der Waals surface area contributed by atoms with Crippen LogP contribution in [0.2, 0.25) is 20.1 Å². The molecule has 3 aromatic heterocycles. The van der Waals surface area contributed by atoms with E-state index in [1.54, 1.807) is 0 Å². The number of benzene rings is 4. The predicted octanol–water partition coefficient (Wildman–Crippen LogP) is 13.9. The summed E-state index contributed by atoms with van der Waals surface area (Å²) in [6.45, 7) is 0.